The predicted molar refractivity (Wildman–Crippen MR) is 111 cm³/mol. The van der Waals surface area contributed by atoms with Crippen LogP contribution >= 0.6 is 36.4 Å². The van der Waals surface area contributed by atoms with Crippen molar-refractivity contribution in [2.24, 2.45) is 11.7 Å². The van der Waals surface area contributed by atoms with E-state index in [1.54, 1.807) is 13.0 Å². The van der Waals surface area contributed by atoms with Crippen molar-refractivity contribution in [2.45, 2.75) is 26.4 Å². The summed E-state index contributed by atoms with van der Waals surface area (Å²) >= 11 is 6.28. The maximum atomic E-state index is 12.0. The Morgan fingerprint density at radius 3 is 2.32 bits per heavy atom. The van der Waals surface area contributed by atoms with E-state index in [4.69, 9.17) is 17.3 Å². The Morgan fingerprint density at radius 2 is 1.76 bits per heavy atom. The second-order valence-corrected chi connectivity index (χ2v) is 6.08. The normalized spacial score (nSPS) is 12.2. The lowest BCUT2D eigenvalue weighted by Crippen LogP contribution is -2.34. The predicted octanol–water partition coefficient (Wildman–Crippen LogP) is 4.72. The summed E-state index contributed by atoms with van der Waals surface area (Å²) in [5, 5.41) is 6.68. The maximum Gasteiger partial charge on any atom is 0.228 e. The number of anilines is 2. The number of benzene rings is 2. The first-order valence-electron chi connectivity index (χ1n) is 7.61. The topological polar surface area (TPSA) is 67.2 Å². The number of rotatable bonds is 6. The number of hydrogen-bond acceptors (Lipinski definition) is 3. The molecule has 7 heteroatoms. The third-order valence-electron chi connectivity index (χ3n) is 3.76. The summed E-state index contributed by atoms with van der Waals surface area (Å²) in [6, 6.07) is 15.3. The van der Waals surface area contributed by atoms with Crippen LogP contribution in [0.4, 0.5) is 11.4 Å². The average molecular weight is 405 g/mol. The molecule has 0 aliphatic rings. The Morgan fingerprint density at radius 1 is 1.12 bits per heavy atom. The Balaban J connectivity index is 0.00000288. The third-order valence-corrected chi connectivity index (χ3v) is 4.08. The minimum Gasteiger partial charge on any atom is -0.380 e. The van der Waals surface area contributed by atoms with Crippen LogP contribution in [-0.4, -0.2) is 11.9 Å². The number of hydrogen-bond donors (Lipinski definition) is 3. The van der Waals surface area contributed by atoms with Crippen molar-refractivity contribution in [3.8, 4) is 0 Å². The molecule has 138 valence electrons. The summed E-state index contributed by atoms with van der Waals surface area (Å²) in [7, 11) is 0. The Labute approximate surface area is 166 Å². The summed E-state index contributed by atoms with van der Waals surface area (Å²) in [5.74, 6) is -0.370. The molecule has 4 N–H and O–H groups in total. The molecular weight excluding hydrogens is 381 g/mol. The highest BCUT2D eigenvalue weighted by Gasteiger charge is 2.17. The van der Waals surface area contributed by atoms with Crippen LogP contribution in [0.5, 0.6) is 0 Å². The third kappa shape index (κ3) is 7.12. The van der Waals surface area contributed by atoms with E-state index in [9.17, 15) is 4.79 Å². The van der Waals surface area contributed by atoms with Gasteiger partial charge in [0.25, 0.3) is 0 Å². The van der Waals surface area contributed by atoms with Crippen molar-refractivity contribution in [1.29, 1.82) is 0 Å². The summed E-state index contributed by atoms with van der Waals surface area (Å²) in [6.45, 7) is 4.30. The highest BCUT2D eigenvalue weighted by atomic mass is 35.5. The number of carbonyl (C=O) groups excluding carboxylic acids is 1. The minimum absolute atomic E-state index is 0. The molecule has 0 aromatic heterocycles. The molecule has 0 saturated carbocycles. The molecule has 4 nitrogen and oxygen atoms in total. The highest BCUT2D eigenvalue weighted by Crippen LogP contribution is 2.26. The van der Waals surface area contributed by atoms with E-state index < -0.39 is 0 Å². The quantitative estimate of drug-likeness (QED) is 0.652. The molecule has 0 fully saturated rings. The highest BCUT2D eigenvalue weighted by molar-refractivity contribution is 6.33. The van der Waals surface area contributed by atoms with E-state index in [0.29, 0.717) is 17.3 Å². The summed E-state index contributed by atoms with van der Waals surface area (Å²) in [4.78, 5) is 12.0. The van der Waals surface area contributed by atoms with Gasteiger partial charge in [-0.25, -0.2) is 0 Å². The van der Waals surface area contributed by atoms with Gasteiger partial charge >= 0.3 is 0 Å². The molecule has 2 aromatic carbocycles. The van der Waals surface area contributed by atoms with Crippen LogP contribution in [0.3, 0.4) is 0 Å². The van der Waals surface area contributed by atoms with Crippen molar-refractivity contribution in [3.63, 3.8) is 0 Å². The van der Waals surface area contributed by atoms with Crippen molar-refractivity contribution in [2.75, 3.05) is 10.6 Å². The van der Waals surface area contributed by atoms with Crippen LogP contribution in [0, 0.1) is 5.92 Å². The molecule has 0 radical (unpaired) electrons. The first-order valence-corrected chi connectivity index (χ1v) is 7.99. The van der Waals surface area contributed by atoms with E-state index in [1.807, 2.05) is 49.4 Å². The van der Waals surface area contributed by atoms with Gasteiger partial charge in [-0.1, -0.05) is 48.9 Å². The lowest BCUT2D eigenvalue weighted by molar-refractivity contribution is -0.119. The van der Waals surface area contributed by atoms with Crippen molar-refractivity contribution < 1.29 is 4.79 Å². The Hall–Kier alpha value is -1.46. The van der Waals surface area contributed by atoms with Gasteiger partial charge in [0.1, 0.15) is 0 Å². The number of nitrogens with two attached hydrogens (primary N) is 1. The molecule has 2 rings (SSSR count). The van der Waals surface area contributed by atoms with Gasteiger partial charge in [0, 0.05) is 18.3 Å². The molecule has 0 bridgehead atoms. The van der Waals surface area contributed by atoms with Crippen molar-refractivity contribution in [1.82, 2.24) is 0 Å². The fourth-order valence-corrected chi connectivity index (χ4v) is 2.27. The van der Waals surface area contributed by atoms with E-state index in [0.717, 1.165) is 5.69 Å². The second-order valence-electron chi connectivity index (χ2n) is 5.67. The van der Waals surface area contributed by atoms with Crippen LogP contribution in [0.2, 0.25) is 5.02 Å². The lowest BCUT2D eigenvalue weighted by atomic mass is 10.0. The second kappa shape index (κ2) is 11.2. The van der Waals surface area contributed by atoms with Gasteiger partial charge in [0.05, 0.1) is 16.6 Å². The maximum absolute atomic E-state index is 12.0. The fraction of sp³-hybridized carbons (Fsp3) is 0.278. The van der Waals surface area contributed by atoms with E-state index in [-0.39, 0.29) is 42.7 Å². The van der Waals surface area contributed by atoms with Gasteiger partial charge in [0.15, 0.2) is 0 Å². The van der Waals surface area contributed by atoms with Gasteiger partial charge in [0.2, 0.25) is 5.91 Å². The molecule has 2 atom stereocenters. The van der Waals surface area contributed by atoms with Gasteiger partial charge in [-0.2, -0.15) is 0 Å². The van der Waals surface area contributed by atoms with Crippen LogP contribution < -0.4 is 16.4 Å². The summed E-state index contributed by atoms with van der Waals surface area (Å²) < 4.78 is 0. The Bertz CT molecular complexity index is 666. The molecule has 0 saturated heterocycles. The standard InChI is InChI=1S/C18H22ClN3O.2ClH/c1-12(13(2)20)18(23)22-15-8-9-17(16(19)10-15)21-11-14-6-4-3-5-7-14;;/h3-10,12-13,21H,11,20H2,1-2H3,(H,22,23);2*1H. The smallest absolute Gasteiger partial charge is 0.228 e. The monoisotopic (exact) mass is 403 g/mol. The van der Waals surface area contributed by atoms with Crippen LogP contribution in [-0.2, 0) is 11.3 Å². The average Bonchev–Trinajstić information content (AvgIpc) is 2.54. The molecule has 0 aliphatic heterocycles. The molecule has 0 spiro atoms. The van der Waals surface area contributed by atoms with E-state index >= 15 is 0 Å². The first kappa shape index (κ1) is 23.5. The summed E-state index contributed by atoms with van der Waals surface area (Å²) in [5.41, 5.74) is 8.41. The van der Waals surface area contributed by atoms with E-state index in [1.165, 1.54) is 5.56 Å². The van der Waals surface area contributed by atoms with Crippen LogP contribution in [0.15, 0.2) is 48.5 Å². The lowest BCUT2D eigenvalue weighted by Gasteiger charge is -2.16. The molecule has 0 heterocycles. The first-order chi connectivity index (χ1) is 11.0. The molecule has 0 aliphatic carbocycles. The largest absolute Gasteiger partial charge is 0.380 e. The zero-order valence-electron chi connectivity index (χ0n) is 14.2. The zero-order valence-corrected chi connectivity index (χ0v) is 16.5. The molecule has 2 aromatic rings. The van der Waals surface area contributed by atoms with E-state index in [2.05, 4.69) is 10.6 Å². The van der Waals surface area contributed by atoms with Crippen LogP contribution in [0.25, 0.3) is 0 Å². The number of nitrogens with one attached hydrogen (secondary N) is 2. The number of carbonyl (C=O) groups is 1. The van der Waals surface area contributed by atoms with Gasteiger partial charge in [-0.05, 0) is 30.7 Å². The van der Waals surface area contributed by atoms with Crippen molar-refractivity contribution >= 4 is 53.7 Å². The fourth-order valence-electron chi connectivity index (χ4n) is 2.02. The number of halogens is 3. The molecule has 25 heavy (non-hydrogen) atoms. The summed E-state index contributed by atoms with van der Waals surface area (Å²) in [6.07, 6.45) is 0. The number of amides is 1. The molecule has 1 amide bonds. The van der Waals surface area contributed by atoms with Crippen LogP contribution in [0.1, 0.15) is 19.4 Å². The SMILES string of the molecule is CC(N)C(C)C(=O)Nc1ccc(NCc2ccccc2)c(Cl)c1.Cl.Cl. The van der Waals surface area contributed by atoms with Crippen molar-refractivity contribution in [3.05, 3.63) is 59.1 Å². The molecule has 2 unspecified atom stereocenters. The van der Waals surface area contributed by atoms with Gasteiger partial charge in [-0.3, -0.25) is 4.79 Å². The minimum atomic E-state index is -0.260. The van der Waals surface area contributed by atoms with Gasteiger partial charge < -0.3 is 16.4 Å². The Kier molecular flexibility index (Phi) is 10.6. The van der Waals surface area contributed by atoms with Gasteiger partial charge in [-0.15, -0.1) is 24.8 Å². The molecular formula is C18H24Cl3N3O. The zero-order chi connectivity index (χ0) is 16.8.